The number of anilines is 2. The quantitative estimate of drug-likeness (QED) is 0.319. The number of amides is 1. The molecule has 0 bridgehead atoms. The highest BCUT2D eigenvalue weighted by Crippen LogP contribution is 2.39. The Morgan fingerprint density at radius 2 is 1.97 bits per heavy atom. The van der Waals surface area contributed by atoms with Crippen molar-refractivity contribution in [3.05, 3.63) is 65.6 Å². The number of rotatable bonds is 8. The van der Waals surface area contributed by atoms with E-state index in [2.05, 4.69) is 40.9 Å². The van der Waals surface area contributed by atoms with Crippen molar-refractivity contribution in [3.63, 3.8) is 0 Å². The Labute approximate surface area is 218 Å². The number of hydrogen-bond donors (Lipinski definition) is 3. The molecule has 4 aromatic heterocycles. The standard InChI is InChI=1S/C25H29FN10O2/c1-15-8-20(32-21-9-16(2)34-35-21)33-23(31-15)17-4-6-25(38-3,7-5-17)24(37)29-12-19-11-28-22(13-27-19)36-14-18(26)10-30-36/h8-11,13-14,17H,4-7,12H2,1-3H3,(H,29,37)(H2,31,32,33,34,35). The molecular formula is C25H29FN10O2. The monoisotopic (exact) mass is 520 g/mol. The largest absolute Gasteiger partial charge is 0.368 e. The normalized spacial score (nSPS) is 19.3. The predicted molar refractivity (Wildman–Crippen MR) is 135 cm³/mol. The van der Waals surface area contributed by atoms with Crippen molar-refractivity contribution in [3.8, 4) is 5.82 Å². The van der Waals surface area contributed by atoms with Gasteiger partial charge in [-0.2, -0.15) is 10.2 Å². The Hall–Kier alpha value is -4.26. The van der Waals surface area contributed by atoms with Crippen molar-refractivity contribution >= 4 is 17.5 Å². The van der Waals surface area contributed by atoms with Crippen LogP contribution < -0.4 is 10.6 Å². The van der Waals surface area contributed by atoms with Crippen LogP contribution in [0.5, 0.6) is 0 Å². The van der Waals surface area contributed by atoms with Crippen LogP contribution in [0.15, 0.2) is 36.9 Å². The molecule has 198 valence electrons. The highest BCUT2D eigenvalue weighted by Gasteiger charge is 2.43. The number of aromatic nitrogens is 8. The maximum Gasteiger partial charge on any atom is 0.252 e. The minimum atomic E-state index is -0.937. The van der Waals surface area contributed by atoms with Gasteiger partial charge in [0.15, 0.2) is 17.5 Å². The molecule has 0 atom stereocenters. The van der Waals surface area contributed by atoms with Crippen LogP contribution in [-0.4, -0.2) is 58.5 Å². The van der Waals surface area contributed by atoms with E-state index in [1.54, 1.807) is 7.11 Å². The summed E-state index contributed by atoms with van der Waals surface area (Å²) in [4.78, 5) is 31.1. The van der Waals surface area contributed by atoms with Crippen LogP contribution in [-0.2, 0) is 16.1 Å². The molecule has 1 amide bonds. The second-order valence-corrected chi connectivity index (χ2v) is 9.44. The zero-order valence-electron chi connectivity index (χ0n) is 21.4. The first-order valence-corrected chi connectivity index (χ1v) is 12.3. The molecule has 1 saturated carbocycles. The molecule has 13 heteroatoms. The number of nitrogens with one attached hydrogen (secondary N) is 3. The lowest BCUT2D eigenvalue weighted by Gasteiger charge is -2.37. The topological polar surface area (TPSA) is 148 Å². The molecule has 12 nitrogen and oxygen atoms in total. The van der Waals surface area contributed by atoms with Gasteiger partial charge in [-0.25, -0.2) is 24.0 Å². The molecule has 0 aliphatic heterocycles. The van der Waals surface area contributed by atoms with Crippen molar-refractivity contribution < 1.29 is 13.9 Å². The van der Waals surface area contributed by atoms with Crippen molar-refractivity contribution in [2.45, 2.75) is 57.6 Å². The first-order chi connectivity index (χ1) is 18.3. The molecule has 4 heterocycles. The molecule has 1 aliphatic carbocycles. The van der Waals surface area contributed by atoms with Crippen LogP contribution in [0.3, 0.4) is 0 Å². The lowest BCUT2D eigenvalue weighted by atomic mass is 9.77. The molecule has 0 aromatic carbocycles. The summed E-state index contributed by atoms with van der Waals surface area (Å²) in [7, 11) is 1.56. The van der Waals surface area contributed by atoms with Gasteiger partial charge in [0.25, 0.3) is 5.91 Å². The van der Waals surface area contributed by atoms with Gasteiger partial charge in [-0.3, -0.25) is 14.9 Å². The van der Waals surface area contributed by atoms with Crippen LogP contribution in [0.25, 0.3) is 5.82 Å². The number of aromatic amines is 1. The summed E-state index contributed by atoms with van der Waals surface area (Å²) in [5.41, 5.74) is 1.44. The van der Waals surface area contributed by atoms with Crippen molar-refractivity contribution in [2.24, 2.45) is 0 Å². The van der Waals surface area contributed by atoms with Gasteiger partial charge in [0.2, 0.25) is 0 Å². The Bertz CT molecular complexity index is 1410. The molecule has 1 aliphatic rings. The van der Waals surface area contributed by atoms with Gasteiger partial charge in [-0.15, -0.1) is 0 Å². The van der Waals surface area contributed by atoms with E-state index in [9.17, 15) is 9.18 Å². The van der Waals surface area contributed by atoms with E-state index in [0.29, 0.717) is 48.8 Å². The zero-order valence-corrected chi connectivity index (χ0v) is 21.4. The first-order valence-electron chi connectivity index (χ1n) is 12.3. The summed E-state index contributed by atoms with van der Waals surface area (Å²) in [5, 5.41) is 17.1. The first kappa shape index (κ1) is 25.4. The van der Waals surface area contributed by atoms with Gasteiger partial charge in [0.05, 0.1) is 37.0 Å². The Morgan fingerprint density at radius 1 is 1.16 bits per heavy atom. The van der Waals surface area contributed by atoms with Crippen molar-refractivity contribution in [2.75, 3.05) is 12.4 Å². The average molecular weight is 521 g/mol. The molecule has 38 heavy (non-hydrogen) atoms. The number of hydrogen-bond acceptors (Lipinski definition) is 9. The summed E-state index contributed by atoms with van der Waals surface area (Å²) >= 11 is 0. The van der Waals surface area contributed by atoms with Gasteiger partial charge in [0, 0.05) is 36.5 Å². The molecule has 5 rings (SSSR count). The van der Waals surface area contributed by atoms with E-state index in [0.717, 1.165) is 23.4 Å². The smallest absolute Gasteiger partial charge is 0.252 e. The van der Waals surface area contributed by atoms with Crippen LogP contribution in [0.4, 0.5) is 16.0 Å². The second kappa shape index (κ2) is 10.6. The highest BCUT2D eigenvalue weighted by atomic mass is 19.1. The van der Waals surface area contributed by atoms with Gasteiger partial charge >= 0.3 is 0 Å². The molecule has 0 saturated heterocycles. The number of carbonyl (C=O) groups is 1. The van der Waals surface area contributed by atoms with E-state index in [-0.39, 0.29) is 18.4 Å². The maximum absolute atomic E-state index is 13.2. The SMILES string of the molecule is COC1(C(=O)NCc2cnc(-n3cc(F)cn3)cn2)CCC(c2nc(C)cc(Nc3cc(C)[nH]n3)n2)CC1. The lowest BCUT2D eigenvalue weighted by Crippen LogP contribution is -2.50. The number of ether oxygens (including phenoxy) is 1. The summed E-state index contributed by atoms with van der Waals surface area (Å²) < 4.78 is 20.2. The third kappa shape index (κ3) is 5.52. The molecular weight excluding hydrogens is 491 g/mol. The Morgan fingerprint density at radius 3 is 2.61 bits per heavy atom. The molecule has 4 aromatic rings. The summed E-state index contributed by atoms with van der Waals surface area (Å²) in [6, 6.07) is 3.79. The number of aryl methyl sites for hydroxylation is 2. The predicted octanol–water partition coefficient (Wildman–Crippen LogP) is 3.03. The van der Waals surface area contributed by atoms with Gasteiger partial charge in [-0.1, -0.05) is 0 Å². The minimum absolute atomic E-state index is 0.109. The summed E-state index contributed by atoms with van der Waals surface area (Å²) in [6.45, 7) is 4.06. The fourth-order valence-electron chi connectivity index (χ4n) is 4.63. The molecule has 0 radical (unpaired) electrons. The zero-order chi connectivity index (χ0) is 26.7. The number of H-pyrrole nitrogens is 1. The summed E-state index contributed by atoms with van der Waals surface area (Å²) in [6.07, 6.45) is 7.80. The fourth-order valence-corrected chi connectivity index (χ4v) is 4.63. The second-order valence-electron chi connectivity index (χ2n) is 9.44. The maximum atomic E-state index is 13.2. The van der Waals surface area contributed by atoms with Crippen molar-refractivity contribution in [1.29, 1.82) is 0 Å². The number of halogens is 1. The fraction of sp³-hybridized carbons (Fsp3) is 0.400. The van der Waals surface area contributed by atoms with Crippen LogP contribution >= 0.6 is 0 Å². The molecule has 3 N–H and O–H groups in total. The van der Waals surface area contributed by atoms with E-state index >= 15 is 0 Å². The molecule has 0 spiro atoms. The molecule has 1 fully saturated rings. The highest BCUT2D eigenvalue weighted by molar-refractivity contribution is 5.85. The van der Waals surface area contributed by atoms with Crippen molar-refractivity contribution in [1.82, 2.24) is 45.2 Å². The summed E-state index contributed by atoms with van der Waals surface area (Å²) in [5.74, 6) is 1.96. The van der Waals surface area contributed by atoms with E-state index in [1.165, 1.54) is 23.3 Å². The van der Waals surface area contributed by atoms with E-state index in [1.807, 2.05) is 26.0 Å². The van der Waals surface area contributed by atoms with Gasteiger partial charge < -0.3 is 15.4 Å². The number of nitrogens with zero attached hydrogens (tertiary/aromatic N) is 7. The third-order valence-corrected chi connectivity index (χ3v) is 6.70. The Balaban J connectivity index is 1.19. The van der Waals surface area contributed by atoms with Crippen LogP contribution in [0, 0.1) is 19.7 Å². The minimum Gasteiger partial charge on any atom is -0.368 e. The van der Waals surface area contributed by atoms with Gasteiger partial charge in [0.1, 0.15) is 17.2 Å². The lowest BCUT2D eigenvalue weighted by molar-refractivity contribution is -0.148. The number of methoxy groups -OCH3 is 1. The van der Waals surface area contributed by atoms with E-state index in [4.69, 9.17) is 9.72 Å². The average Bonchev–Trinajstić information content (AvgIpc) is 3.54. The van der Waals surface area contributed by atoms with Crippen LogP contribution in [0.1, 0.15) is 54.5 Å². The third-order valence-electron chi connectivity index (χ3n) is 6.70. The Kier molecular flexibility index (Phi) is 7.09. The van der Waals surface area contributed by atoms with Crippen LogP contribution in [0.2, 0.25) is 0 Å². The van der Waals surface area contributed by atoms with Gasteiger partial charge in [-0.05, 0) is 39.5 Å². The molecule has 0 unspecified atom stereocenters. The van der Waals surface area contributed by atoms with E-state index < -0.39 is 11.4 Å². The number of carbonyl (C=O) groups excluding carboxylic acids is 1.